The zero-order chi connectivity index (χ0) is 63.2. The highest BCUT2D eigenvalue weighted by atomic mass is 33.1. The fraction of sp³-hybridized carbons (Fsp3) is 0.377. The van der Waals surface area contributed by atoms with Crippen molar-refractivity contribution >= 4 is 177 Å². The maximum absolute atomic E-state index is 14.7. The number of aromatic hydroxyl groups is 2. The molecule has 6 heterocycles. The molecule has 0 aliphatic carbocycles. The van der Waals surface area contributed by atoms with E-state index in [0.29, 0.717) is 61.1 Å². The van der Waals surface area contributed by atoms with Gasteiger partial charge in [-0.05, 0) is 36.8 Å². The minimum atomic E-state index is -1.48. The van der Waals surface area contributed by atoms with Crippen molar-refractivity contribution in [2.75, 3.05) is 94.0 Å². The van der Waals surface area contributed by atoms with Gasteiger partial charge in [-0.2, -0.15) is 23.5 Å². The Bertz CT molecular complexity index is 3510. The highest BCUT2D eigenvalue weighted by molar-refractivity contribution is 8.76. The summed E-state index contributed by atoms with van der Waals surface area (Å²) in [5, 5.41) is 49.7. The summed E-state index contributed by atoms with van der Waals surface area (Å²) in [6.07, 6.45) is 4.97. The molecule has 2 aromatic carbocycles. The Morgan fingerprint density at radius 2 is 1.08 bits per heavy atom. The van der Waals surface area contributed by atoms with Gasteiger partial charge < -0.3 is 66.4 Å². The van der Waals surface area contributed by atoms with Crippen molar-refractivity contribution in [2.24, 2.45) is 9.98 Å². The van der Waals surface area contributed by atoms with E-state index in [9.17, 15) is 58.8 Å². The molecule has 0 radical (unpaired) electrons. The number of imidazole rings is 1. The number of fused-ring (bicyclic) bond motifs is 8. The van der Waals surface area contributed by atoms with Gasteiger partial charge in [0, 0.05) is 73.5 Å². The molecule has 4 aromatic heterocycles. The Morgan fingerprint density at radius 1 is 0.655 bits per heavy atom. The number of pyridine rings is 2. The molecular formula is C53H61N15O12S7. The predicted octanol–water partition coefficient (Wildman–Crippen LogP) is 3.56. The molecule has 2 aliphatic heterocycles. The van der Waals surface area contributed by atoms with Gasteiger partial charge in [-0.3, -0.25) is 38.4 Å². The number of aliphatic hydroxyl groups excluding tert-OH is 2. The van der Waals surface area contributed by atoms with Crippen molar-refractivity contribution in [3.63, 3.8) is 0 Å². The third kappa shape index (κ3) is 16.8. The minimum Gasteiger partial charge on any atom is -0.505 e. The first kappa shape index (κ1) is 67.1. The predicted molar refractivity (Wildman–Crippen MR) is 346 cm³/mol. The lowest BCUT2D eigenvalue weighted by Crippen LogP contribution is -2.55. The van der Waals surface area contributed by atoms with Gasteiger partial charge in [-0.15, -0.1) is 0 Å². The van der Waals surface area contributed by atoms with Crippen LogP contribution in [0.15, 0.2) is 77.0 Å². The van der Waals surface area contributed by atoms with Crippen molar-refractivity contribution in [1.29, 1.82) is 0 Å². The molecule has 6 atom stereocenters. The number of aliphatic hydroxyl groups is 2. The van der Waals surface area contributed by atoms with E-state index in [1.807, 2.05) is 0 Å². The summed E-state index contributed by atoms with van der Waals surface area (Å²) in [5.41, 5.74) is 6.70. The molecule has 6 amide bonds. The number of nitrogens with zero attached hydrogens (tertiary/aromatic N) is 10. The van der Waals surface area contributed by atoms with E-state index in [2.05, 4.69) is 50.5 Å². The second-order valence-electron chi connectivity index (χ2n) is 19.3. The molecule has 0 saturated carbocycles. The maximum Gasteiger partial charge on any atom is 0.274 e. The number of nitrogens with one attached hydrogen (secondary N) is 4. The molecule has 87 heavy (non-hydrogen) atoms. The van der Waals surface area contributed by atoms with E-state index in [0.717, 1.165) is 31.4 Å². The van der Waals surface area contributed by atoms with Crippen molar-refractivity contribution in [2.45, 2.75) is 36.3 Å². The monoisotopic (exact) mass is 1320 g/mol. The van der Waals surface area contributed by atoms with Crippen LogP contribution in [0.2, 0.25) is 0 Å². The van der Waals surface area contributed by atoms with E-state index in [-0.39, 0.29) is 29.0 Å². The summed E-state index contributed by atoms with van der Waals surface area (Å²) in [6, 6.07) is 8.28. The van der Waals surface area contributed by atoms with Gasteiger partial charge in [0.1, 0.15) is 66.4 Å². The normalized spacial score (nSPS) is 21.3. The van der Waals surface area contributed by atoms with Crippen LogP contribution in [0.25, 0.3) is 33.0 Å². The van der Waals surface area contributed by atoms with Crippen LogP contribution in [0.5, 0.6) is 11.5 Å². The van der Waals surface area contributed by atoms with Crippen LogP contribution in [0, 0.1) is 4.64 Å². The largest absolute Gasteiger partial charge is 0.505 e. The number of thioether (sulfide) groups is 4. The number of hydrogen-bond donors (Lipinski definition) is 9. The number of benzene rings is 2. The summed E-state index contributed by atoms with van der Waals surface area (Å²) >= 11 is 8.69. The molecule has 0 spiro atoms. The van der Waals surface area contributed by atoms with Crippen LogP contribution in [0.3, 0.4) is 0 Å². The number of aliphatic imine (C=N–C) groups is 2. The van der Waals surface area contributed by atoms with E-state index in [4.69, 9.17) is 18.0 Å². The molecule has 8 rings (SSSR count). The van der Waals surface area contributed by atoms with Gasteiger partial charge in [-0.25, -0.2) is 29.9 Å². The van der Waals surface area contributed by atoms with Crippen LogP contribution in [0.4, 0.5) is 5.95 Å². The Balaban J connectivity index is 0.000000874. The Morgan fingerprint density at radius 3 is 1.51 bits per heavy atom. The van der Waals surface area contributed by atoms with E-state index >= 15 is 0 Å². The topological polar surface area (TPSA) is 388 Å². The fourth-order valence-electron chi connectivity index (χ4n) is 8.53. The number of H-pyrrole nitrogens is 2. The molecule has 2 aliphatic rings. The highest BCUT2D eigenvalue weighted by Gasteiger charge is 2.39. The van der Waals surface area contributed by atoms with Gasteiger partial charge in [0.15, 0.2) is 21.7 Å². The molecule has 462 valence electrons. The number of hydrogen-bond acceptors (Lipinski definition) is 24. The maximum atomic E-state index is 14.7. The number of nitrogen functional groups attached to an aromatic ring is 1. The molecule has 0 saturated heterocycles. The molecule has 6 aromatic rings. The first-order chi connectivity index (χ1) is 41.5. The Labute approximate surface area is 527 Å². The molecule has 0 fully saturated rings. The number of carbonyl (C=O) groups excluding carboxylic acids is 8. The number of likely N-dealkylation sites (N-methyl/N-ethyl adjacent to an activating group) is 4. The third-order valence-corrected chi connectivity index (χ3v) is 19.7. The second kappa shape index (κ2) is 31.0. The van der Waals surface area contributed by atoms with Crippen molar-refractivity contribution in [3.8, 4) is 11.5 Å². The lowest BCUT2D eigenvalue weighted by Gasteiger charge is -2.35. The number of amides is 6. The van der Waals surface area contributed by atoms with Gasteiger partial charge >= 0.3 is 0 Å². The van der Waals surface area contributed by atoms with Gasteiger partial charge in [0.25, 0.3) is 11.8 Å². The number of aromatic amines is 2. The number of carbonyl (C=O) groups is 8. The molecule has 34 heteroatoms. The smallest absolute Gasteiger partial charge is 0.274 e. The molecular weight excluding hydrogens is 1260 g/mol. The molecule has 2 bridgehead atoms. The number of para-hydroxylation sites is 2. The number of rotatable bonds is 8. The summed E-state index contributed by atoms with van der Waals surface area (Å²) in [6.45, 7) is -1.51. The number of aromatic nitrogens is 6. The van der Waals surface area contributed by atoms with Gasteiger partial charge in [0.2, 0.25) is 51.6 Å². The fourth-order valence-corrected chi connectivity index (χ4v) is 14.9. The Kier molecular flexibility index (Phi) is 23.9. The SMILES string of the molecule is CSCC1C(=O)SCC(NC(=O)c2nc3ccccc3cc2O)C(O)=NCC(=O)N(C)C2CSSCC(C(=O)N1C)N(C)C(=O)CN=C(O)C(NC(=O)c1nc3ccccc3cc1O)CSC(=O)C(CSC)N(C)C2=O.Nc1nc(=S)c2[nH]cnc2[nH]1. The summed E-state index contributed by atoms with van der Waals surface area (Å²) in [5.74, 6) is -7.97. The van der Waals surface area contributed by atoms with Gasteiger partial charge in [-0.1, -0.05) is 93.7 Å². The number of nitrogens with two attached hydrogens (primary N) is 1. The lowest BCUT2D eigenvalue weighted by atomic mass is 10.2. The van der Waals surface area contributed by atoms with Crippen molar-refractivity contribution in [1.82, 2.24) is 60.1 Å². The van der Waals surface area contributed by atoms with E-state index < -0.39 is 141 Å². The molecule has 6 unspecified atom stereocenters. The second-order valence-corrected chi connectivity index (χ2v) is 26.1. The third-order valence-electron chi connectivity index (χ3n) is 13.6. The van der Waals surface area contributed by atoms with Gasteiger partial charge in [0.05, 0.1) is 17.4 Å². The lowest BCUT2D eigenvalue weighted by molar-refractivity contribution is -0.144. The first-order valence-corrected chi connectivity index (χ1v) is 33.7. The summed E-state index contributed by atoms with van der Waals surface area (Å²) in [7, 11) is 7.63. The van der Waals surface area contributed by atoms with Crippen LogP contribution in [0.1, 0.15) is 21.0 Å². The van der Waals surface area contributed by atoms with E-state index in [1.165, 1.54) is 80.0 Å². The zero-order valence-corrected chi connectivity index (χ0v) is 53.1. The average Bonchev–Trinajstić information content (AvgIpc) is 2.98. The van der Waals surface area contributed by atoms with Crippen LogP contribution in [-0.2, 0) is 28.8 Å². The minimum absolute atomic E-state index is 0.0697. The quantitative estimate of drug-likeness (QED) is 0.0777. The van der Waals surface area contributed by atoms with Crippen molar-refractivity contribution in [3.05, 3.63) is 83.0 Å². The van der Waals surface area contributed by atoms with Crippen LogP contribution in [-0.4, -0.2) is 252 Å². The van der Waals surface area contributed by atoms with Crippen molar-refractivity contribution < 1.29 is 58.8 Å². The van der Waals surface area contributed by atoms with Crippen LogP contribution >= 0.6 is 80.9 Å². The zero-order valence-electron chi connectivity index (χ0n) is 47.4. The summed E-state index contributed by atoms with van der Waals surface area (Å²) < 4.78 is 0.439. The average molecular weight is 1320 g/mol. The standard InChI is InChI=1S/C48H56N10O12S6.C5H5N5S/c1-55-31-23-75-76-24-32(46(68)58(4)34(22-72-6)48(70)74-19-29(41(63)49-17-37(55)61)53-43(65)39-35(59)15-25-11-7-9-13-27(25)51-39)56(2)38(62)18-50-42(64)30(20-73-47(69)33(21-71-5)57(3)45(31)67)54-44(66)40-36(60)16-26-12-8-10-14-28(26)52-40;6-5-9-3-2(4(11)10-5)7-1-8-3/h7-16,29-34,59-60H,17-24H2,1-6H3,(H,49,63)(H,50,64)(H,53,65)(H,54,66);1H,(H4,6,7,8,9,10,11). The molecule has 10 N–H and O–H groups in total. The molecule has 27 nitrogen and oxygen atoms in total. The number of anilines is 1. The highest BCUT2D eigenvalue weighted by Crippen LogP contribution is 2.30. The Hall–Kier alpha value is -7.37. The summed E-state index contributed by atoms with van der Waals surface area (Å²) in [4.78, 5) is 148. The van der Waals surface area contributed by atoms with Crippen LogP contribution < -0.4 is 16.4 Å². The van der Waals surface area contributed by atoms with E-state index in [1.54, 1.807) is 61.0 Å². The first-order valence-electron chi connectivity index (χ1n) is 26.1.